The Balaban J connectivity index is 0.00000225. The smallest absolute Gasteiger partial charge is 0.191 e. The largest absolute Gasteiger partial charge is 0.358 e. The van der Waals surface area contributed by atoms with Crippen LogP contribution in [0.5, 0.6) is 0 Å². The van der Waals surface area contributed by atoms with Gasteiger partial charge in [0.05, 0.1) is 6.54 Å². The number of rotatable bonds is 5. The molecule has 0 atom stereocenters. The normalized spacial score (nSPS) is 11.4. The molecule has 3 aromatic rings. The quantitative estimate of drug-likeness (QED) is 0.296. The van der Waals surface area contributed by atoms with Crippen LogP contribution in [0, 0.1) is 13.8 Å². The topological polar surface area (TPSA) is 52.2 Å². The molecule has 6 heteroatoms. The van der Waals surface area contributed by atoms with Crippen LogP contribution in [0.2, 0.25) is 0 Å². The van der Waals surface area contributed by atoms with Gasteiger partial charge >= 0.3 is 0 Å². The number of H-pyrrole nitrogens is 1. The van der Waals surface area contributed by atoms with E-state index in [2.05, 4.69) is 70.9 Å². The molecule has 0 amide bonds. The lowest BCUT2D eigenvalue weighted by molar-refractivity contribution is 0.799. The lowest BCUT2D eigenvalue weighted by atomic mass is 10.1. The van der Waals surface area contributed by atoms with Crippen LogP contribution in [0.15, 0.2) is 41.4 Å². The minimum atomic E-state index is 0. The van der Waals surface area contributed by atoms with Crippen molar-refractivity contribution in [1.29, 1.82) is 0 Å². The fourth-order valence-electron chi connectivity index (χ4n) is 2.93. The second kappa shape index (κ2) is 9.24. The average molecular weight is 468 g/mol. The fraction of sp³-hybridized carbons (Fsp3) is 0.316. The van der Waals surface area contributed by atoms with Crippen molar-refractivity contribution < 1.29 is 0 Å². The summed E-state index contributed by atoms with van der Waals surface area (Å²) in [6.45, 7) is 5.93. The molecule has 2 heterocycles. The molecule has 1 aromatic carbocycles. The molecule has 0 aliphatic carbocycles. The van der Waals surface area contributed by atoms with Gasteiger partial charge in [-0.15, -0.1) is 35.3 Å². The first-order valence-corrected chi connectivity index (χ1v) is 9.05. The standard InChI is InChI=1S/C19H24N4S.HI/c1-13-8-9-15(24-13)12-22-19(20-3)21-11-10-16-14(2)23-18-7-5-4-6-17(16)18;/h4-9,23H,10-12H2,1-3H3,(H2,20,21,22);1H. The number of thiophene rings is 1. The second-order valence-corrected chi connectivity index (χ2v) is 7.26. The zero-order valence-electron chi connectivity index (χ0n) is 14.8. The van der Waals surface area contributed by atoms with Crippen LogP contribution < -0.4 is 10.6 Å². The van der Waals surface area contributed by atoms with Crippen molar-refractivity contribution in [2.24, 2.45) is 4.99 Å². The van der Waals surface area contributed by atoms with Gasteiger partial charge < -0.3 is 15.6 Å². The third kappa shape index (κ3) is 4.98. The maximum atomic E-state index is 4.30. The van der Waals surface area contributed by atoms with E-state index in [1.807, 2.05) is 18.4 Å². The number of nitrogens with zero attached hydrogens (tertiary/aromatic N) is 1. The lowest BCUT2D eigenvalue weighted by Gasteiger charge is -2.11. The van der Waals surface area contributed by atoms with Crippen LogP contribution in [0.25, 0.3) is 10.9 Å². The van der Waals surface area contributed by atoms with E-state index >= 15 is 0 Å². The molecule has 0 fully saturated rings. The monoisotopic (exact) mass is 468 g/mol. The highest BCUT2D eigenvalue weighted by Crippen LogP contribution is 2.21. The Kier molecular flexibility index (Phi) is 7.31. The van der Waals surface area contributed by atoms with E-state index in [-0.39, 0.29) is 24.0 Å². The van der Waals surface area contributed by atoms with Crippen molar-refractivity contribution in [2.75, 3.05) is 13.6 Å². The number of halogens is 1. The predicted octanol–water partition coefficient (Wildman–Crippen LogP) is 4.37. The van der Waals surface area contributed by atoms with Crippen molar-refractivity contribution in [2.45, 2.75) is 26.8 Å². The molecule has 134 valence electrons. The number of aromatic nitrogens is 1. The van der Waals surface area contributed by atoms with Gasteiger partial charge in [-0.1, -0.05) is 18.2 Å². The Hall–Kier alpha value is -1.54. The fourth-order valence-corrected chi connectivity index (χ4v) is 3.76. The van der Waals surface area contributed by atoms with Gasteiger partial charge in [0.15, 0.2) is 5.96 Å². The molecule has 0 bridgehead atoms. The van der Waals surface area contributed by atoms with Gasteiger partial charge in [0, 0.05) is 39.9 Å². The van der Waals surface area contributed by atoms with Gasteiger partial charge in [-0.05, 0) is 44.0 Å². The number of aliphatic imine (C=N–C) groups is 1. The van der Waals surface area contributed by atoms with Gasteiger partial charge in [-0.25, -0.2) is 0 Å². The van der Waals surface area contributed by atoms with Gasteiger partial charge in [0.2, 0.25) is 0 Å². The minimum Gasteiger partial charge on any atom is -0.358 e. The molecule has 3 N–H and O–H groups in total. The van der Waals surface area contributed by atoms with Crippen LogP contribution in [0.3, 0.4) is 0 Å². The van der Waals surface area contributed by atoms with Crippen molar-refractivity contribution in [1.82, 2.24) is 15.6 Å². The lowest BCUT2D eigenvalue weighted by Crippen LogP contribution is -2.37. The van der Waals surface area contributed by atoms with E-state index in [0.717, 1.165) is 25.5 Å². The Morgan fingerprint density at radius 3 is 2.64 bits per heavy atom. The summed E-state index contributed by atoms with van der Waals surface area (Å²) in [6.07, 6.45) is 0.967. The number of aromatic amines is 1. The molecule has 0 radical (unpaired) electrons. The van der Waals surface area contributed by atoms with Gasteiger partial charge in [0.1, 0.15) is 0 Å². The third-order valence-electron chi connectivity index (χ3n) is 4.14. The van der Waals surface area contributed by atoms with Crippen molar-refractivity contribution >= 4 is 52.2 Å². The highest BCUT2D eigenvalue weighted by atomic mass is 127. The summed E-state index contributed by atoms with van der Waals surface area (Å²) >= 11 is 1.82. The summed E-state index contributed by atoms with van der Waals surface area (Å²) < 4.78 is 0. The first-order valence-electron chi connectivity index (χ1n) is 8.23. The average Bonchev–Trinajstić information content (AvgIpc) is 3.14. The van der Waals surface area contributed by atoms with Crippen molar-refractivity contribution in [3.63, 3.8) is 0 Å². The molecule has 0 saturated heterocycles. The van der Waals surface area contributed by atoms with E-state index in [9.17, 15) is 0 Å². The molecule has 0 saturated carbocycles. The van der Waals surface area contributed by atoms with Crippen LogP contribution in [-0.2, 0) is 13.0 Å². The molecular formula is C19H25IN4S. The van der Waals surface area contributed by atoms with Crippen molar-refractivity contribution in [3.8, 4) is 0 Å². The molecule has 4 nitrogen and oxygen atoms in total. The number of fused-ring (bicyclic) bond motifs is 1. The SMILES string of the molecule is CN=C(NCCc1c(C)[nH]c2ccccc12)NCc1ccc(C)s1.I. The molecule has 3 rings (SSSR count). The van der Waals surface area contributed by atoms with Crippen LogP contribution in [-0.4, -0.2) is 24.5 Å². The Morgan fingerprint density at radius 1 is 1.12 bits per heavy atom. The van der Waals surface area contributed by atoms with E-state index in [0.29, 0.717) is 0 Å². The van der Waals surface area contributed by atoms with Gasteiger partial charge in [-0.3, -0.25) is 4.99 Å². The summed E-state index contributed by atoms with van der Waals surface area (Å²) in [5.41, 5.74) is 3.83. The highest BCUT2D eigenvalue weighted by Gasteiger charge is 2.08. The first-order chi connectivity index (χ1) is 11.7. The third-order valence-corrected chi connectivity index (χ3v) is 5.14. The second-order valence-electron chi connectivity index (χ2n) is 5.89. The molecule has 0 spiro atoms. The molecule has 0 aliphatic heterocycles. The molecule has 2 aromatic heterocycles. The first kappa shape index (κ1) is 19.8. The number of benzene rings is 1. The molecular weight excluding hydrogens is 443 g/mol. The van der Waals surface area contributed by atoms with Crippen LogP contribution in [0.1, 0.15) is 21.0 Å². The van der Waals surface area contributed by atoms with Gasteiger partial charge in [-0.2, -0.15) is 0 Å². The zero-order valence-corrected chi connectivity index (χ0v) is 18.0. The minimum absolute atomic E-state index is 0. The Labute approximate surface area is 170 Å². The van der Waals surface area contributed by atoms with Crippen LogP contribution in [0.4, 0.5) is 0 Å². The van der Waals surface area contributed by atoms with Crippen LogP contribution >= 0.6 is 35.3 Å². The molecule has 0 unspecified atom stereocenters. The van der Waals surface area contributed by atoms with Crippen molar-refractivity contribution in [3.05, 3.63) is 57.4 Å². The number of guanidine groups is 1. The highest BCUT2D eigenvalue weighted by molar-refractivity contribution is 14.0. The summed E-state index contributed by atoms with van der Waals surface area (Å²) in [4.78, 5) is 10.4. The Bertz CT molecular complexity index is 850. The van der Waals surface area contributed by atoms with E-state index in [1.54, 1.807) is 0 Å². The Morgan fingerprint density at radius 2 is 1.92 bits per heavy atom. The number of para-hydroxylation sites is 1. The number of hydrogen-bond acceptors (Lipinski definition) is 2. The van der Waals surface area contributed by atoms with E-state index < -0.39 is 0 Å². The summed E-state index contributed by atoms with van der Waals surface area (Å²) in [5.74, 6) is 0.846. The number of hydrogen-bond donors (Lipinski definition) is 3. The van der Waals surface area contributed by atoms with Gasteiger partial charge in [0.25, 0.3) is 0 Å². The number of aryl methyl sites for hydroxylation is 2. The maximum Gasteiger partial charge on any atom is 0.191 e. The molecule has 0 aliphatic rings. The van der Waals surface area contributed by atoms with E-state index in [1.165, 1.54) is 31.9 Å². The summed E-state index contributed by atoms with van der Waals surface area (Å²) in [5, 5.41) is 8.09. The summed E-state index contributed by atoms with van der Waals surface area (Å²) in [7, 11) is 1.81. The number of nitrogens with one attached hydrogen (secondary N) is 3. The summed E-state index contributed by atoms with van der Waals surface area (Å²) in [6, 6.07) is 12.8. The van der Waals surface area contributed by atoms with E-state index in [4.69, 9.17) is 0 Å². The molecule has 25 heavy (non-hydrogen) atoms. The predicted molar refractivity (Wildman–Crippen MR) is 119 cm³/mol. The maximum absolute atomic E-state index is 4.30. The zero-order chi connectivity index (χ0) is 16.9.